The maximum atomic E-state index is 14.1. The van der Waals surface area contributed by atoms with Crippen LogP contribution in [-0.4, -0.2) is 55.1 Å². The number of likely N-dealkylation sites (tertiary alicyclic amines) is 1. The van der Waals surface area contributed by atoms with Crippen LogP contribution in [0.1, 0.15) is 23.2 Å². The van der Waals surface area contributed by atoms with Crippen LogP contribution in [0.4, 0.5) is 14.6 Å². The van der Waals surface area contributed by atoms with Crippen LogP contribution in [0.5, 0.6) is 11.5 Å². The van der Waals surface area contributed by atoms with Crippen molar-refractivity contribution >= 4 is 23.3 Å². The number of alkyl halides is 2. The molecule has 0 radical (unpaired) electrons. The number of hydrogen-bond acceptors (Lipinski definition) is 5. The molecule has 1 atom stereocenters. The van der Waals surface area contributed by atoms with Gasteiger partial charge in [-0.05, 0) is 30.3 Å². The zero-order valence-corrected chi connectivity index (χ0v) is 16.9. The van der Waals surface area contributed by atoms with Crippen LogP contribution < -0.4 is 14.8 Å². The topological polar surface area (TPSA) is 63.7 Å². The Balaban J connectivity index is 1.83. The molecule has 9 heteroatoms. The highest BCUT2D eigenvalue weighted by atomic mass is 35.5. The molecule has 1 aliphatic heterocycles. The number of piperidine rings is 1. The molecule has 1 unspecified atom stereocenters. The highest BCUT2D eigenvalue weighted by molar-refractivity contribution is 6.30. The van der Waals surface area contributed by atoms with Crippen LogP contribution >= 0.6 is 11.6 Å². The number of hydrogen-bond donors (Lipinski definition) is 1. The summed E-state index contributed by atoms with van der Waals surface area (Å²) >= 11 is 5.82. The number of ether oxygens (including phenoxy) is 2. The predicted octanol–water partition coefficient (Wildman–Crippen LogP) is 4.10. The largest absolute Gasteiger partial charge is 0.497 e. The first-order valence-corrected chi connectivity index (χ1v) is 9.47. The van der Waals surface area contributed by atoms with E-state index in [2.05, 4.69) is 10.3 Å². The lowest BCUT2D eigenvalue weighted by Crippen LogP contribution is -2.52. The number of anilines is 1. The van der Waals surface area contributed by atoms with Gasteiger partial charge in [-0.1, -0.05) is 11.6 Å². The van der Waals surface area contributed by atoms with E-state index in [1.807, 2.05) is 0 Å². The average Bonchev–Trinajstić information content (AvgIpc) is 2.72. The van der Waals surface area contributed by atoms with Gasteiger partial charge in [0, 0.05) is 32.1 Å². The second-order valence-electron chi connectivity index (χ2n) is 6.77. The van der Waals surface area contributed by atoms with Crippen LogP contribution in [0.3, 0.4) is 0 Å². The molecule has 0 spiro atoms. The number of aromatic nitrogens is 1. The maximum absolute atomic E-state index is 14.1. The van der Waals surface area contributed by atoms with Crippen LogP contribution in [0, 0.1) is 0 Å². The summed E-state index contributed by atoms with van der Waals surface area (Å²) in [5.41, 5.74) is 0.270. The lowest BCUT2D eigenvalue weighted by atomic mass is 9.97. The summed E-state index contributed by atoms with van der Waals surface area (Å²) in [6.07, 6.45) is 0.635. The van der Waals surface area contributed by atoms with E-state index in [1.165, 1.54) is 25.3 Å². The summed E-state index contributed by atoms with van der Waals surface area (Å²) in [6, 6.07) is 7.43. The van der Waals surface area contributed by atoms with Crippen LogP contribution in [-0.2, 0) is 0 Å². The fourth-order valence-corrected chi connectivity index (χ4v) is 3.42. The van der Waals surface area contributed by atoms with Crippen molar-refractivity contribution < 1.29 is 23.0 Å². The fourth-order valence-electron chi connectivity index (χ4n) is 3.31. The third-order valence-corrected chi connectivity index (χ3v) is 5.06. The minimum atomic E-state index is -2.84. The van der Waals surface area contributed by atoms with E-state index >= 15 is 0 Å². The number of nitrogens with one attached hydrogen (secondary N) is 1. The van der Waals surface area contributed by atoms with Gasteiger partial charge in [0.25, 0.3) is 11.8 Å². The van der Waals surface area contributed by atoms with Crippen molar-refractivity contribution in [2.24, 2.45) is 0 Å². The van der Waals surface area contributed by atoms with Gasteiger partial charge in [-0.15, -0.1) is 0 Å². The molecule has 2 aromatic rings. The Labute approximate surface area is 172 Å². The van der Waals surface area contributed by atoms with E-state index < -0.39 is 18.4 Å². The molecule has 1 aromatic heterocycles. The minimum Gasteiger partial charge on any atom is -0.497 e. The van der Waals surface area contributed by atoms with Gasteiger partial charge in [-0.25, -0.2) is 13.8 Å². The first-order chi connectivity index (χ1) is 13.8. The molecule has 6 nitrogen and oxygen atoms in total. The van der Waals surface area contributed by atoms with Crippen molar-refractivity contribution in [2.75, 3.05) is 32.6 Å². The summed E-state index contributed by atoms with van der Waals surface area (Å²) in [7, 11) is 2.94. The van der Waals surface area contributed by atoms with Gasteiger partial charge >= 0.3 is 0 Å². The molecule has 1 aromatic carbocycles. The highest BCUT2D eigenvalue weighted by Gasteiger charge is 2.42. The second-order valence-corrected chi connectivity index (χ2v) is 7.21. The maximum Gasteiger partial charge on any atom is 0.258 e. The SMILES string of the molecule is COc1ccc(OC)c(C(=O)N2CCC(F)(F)CC2CNc2ccc(Cl)cn2)c1. The molecular weight excluding hydrogens is 404 g/mol. The molecule has 0 bridgehead atoms. The molecule has 1 amide bonds. The Kier molecular flexibility index (Phi) is 6.42. The summed E-state index contributed by atoms with van der Waals surface area (Å²) in [5.74, 6) is -1.88. The van der Waals surface area contributed by atoms with Crippen molar-refractivity contribution in [1.29, 1.82) is 0 Å². The van der Waals surface area contributed by atoms with E-state index in [1.54, 1.807) is 30.3 Å². The van der Waals surface area contributed by atoms with Gasteiger partial charge in [0.05, 0.1) is 30.8 Å². The van der Waals surface area contributed by atoms with Crippen LogP contribution in [0.15, 0.2) is 36.5 Å². The Bertz CT molecular complexity index is 865. The van der Waals surface area contributed by atoms with Crippen molar-refractivity contribution in [1.82, 2.24) is 9.88 Å². The van der Waals surface area contributed by atoms with Gasteiger partial charge in [-0.2, -0.15) is 0 Å². The number of benzene rings is 1. The minimum absolute atomic E-state index is 0.0629. The molecule has 3 rings (SSSR count). The Morgan fingerprint density at radius 2 is 2.10 bits per heavy atom. The lowest BCUT2D eigenvalue weighted by Gasteiger charge is -2.39. The highest BCUT2D eigenvalue weighted by Crippen LogP contribution is 2.34. The number of carbonyl (C=O) groups excluding carboxylic acids is 1. The van der Waals surface area contributed by atoms with Crippen molar-refractivity contribution in [2.45, 2.75) is 24.8 Å². The zero-order valence-electron chi connectivity index (χ0n) is 16.1. The Morgan fingerprint density at radius 3 is 2.76 bits per heavy atom. The summed E-state index contributed by atoms with van der Waals surface area (Å²) in [5, 5.41) is 3.49. The molecule has 1 saturated heterocycles. The molecule has 2 heterocycles. The van der Waals surface area contributed by atoms with Gasteiger partial charge in [0.2, 0.25) is 0 Å². The molecule has 1 fully saturated rings. The number of nitrogens with zero attached hydrogens (tertiary/aromatic N) is 2. The van der Waals surface area contributed by atoms with E-state index in [0.717, 1.165) is 0 Å². The first kappa shape index (κ1) is 21.1. The number of pyridine rings is 1. The molecule has 0 saturated carbocycles. The molecule has 1 aliphatic rings. The van der Waals surface area contributed by atoms with Gasteiger partial charge in [0.1, 0.15) is 17.3 Å². The molecule has 0 aliphatic carbocycles. The number of halogens is 3. The zero-order chi connectivity index (χ0) is 21.0. The van der Waals surface area contributed by atoms with Crippen LogP contribution in [0.25, 0.3) is 0 Å². The third kappa shape index (κ3) is 5.06. The normalized spacial score (nSPS) is 18.2. The predicted molar refractivity (Wildman–Crippen MR) is 106 cm³/mol. The molecule has 29 heavy (non-hydrogen) atoms. The quantitative estimate of drug-likeness (QED) is 0.754. The van der Waals surface area contributed by atoms with E-state index in [-0.39, 0.29) is 31.0 Å². The molecule has 156 valence electrons. The van der Waals surface area contributed by atoms with E-state index in [9.17, 15) is 13.6 Å². The second kappa shape index (κ2) is 8.82. The Morgan fingerprint density at radius 1 is 1.31 bits per heavy atom. The molecular formula is C20H22ClF2N3O3. The number of carbonyl (C=O) groups is 1. The van der Waals surface area contributed by atoms with Crippen LogP contribution in [0.2, 0.25) is 5.02 Å². The van der Waals surface area contributed by atoms with E-state index in [0.29, 0.717) is 22.3 Å². The first-order valence-electron chi connectivity index (χ1n) is 9.09. The number of amides is 1. The van der Waals surface area contributed by atoms with Gasteiger partial charge in [-0.3, -0.25) is 4.79 Å². The summed E-state index contributed by atoms with van der Waals surface area (Å²) < 4.78 is 38.7. The number of rotatable bonds is 6. The average molecular weight is 426 g/mol. The smallest absolute Gasteiger partial charge is 0.258 e. The molecule has 1 N–H and O–H groups in total. The van der Waals surface area contributed by atoms with Crippen molar-refractivity contribution in [3.8, 4) is 11.5 Å². The summed E-state index contributed by atoms with van der Waals surface area (Å²) in [4.78, 5) is 18.8. The standard InChI is InChI=1S/C20H22ClF2N3O3/c1-28-15-4-5-17(29-2)16(9-15)19(27)26-8-7-20(22,23)10-14(26)12-25-18-6-3-13(21)11-24-18/h3-6,9,11,14H,7-8,10,12H2,1-2H3,(H,24,25). The van der Waals surface area contributed by atoms with E-state index in [4.69, 9.17) is 21.1 Å². The third-order valence-electron chi connectivity index (χ3n) is 4.84. The Hall–Kier alpha value is -2.61. The monoisotopic (exact) mass is 425 g/mol. The van der Waals surface area contributed by atoms with Gasteiger partial charge in [0.15, 0.2) is 0 Å². The lowest BCUT2D eigenvalue weighted by molar-refractivity contribution is -0.0674. The fraction of sp³-hybridized carbons (Fsp3) is 0.400. The van der Waals surface area contributed by atoms with Crippen molar-refractivity contribution in [3.05, 3.63) is 47.1 Å². The number of methoxy groups -OCH3 is 2. The van der Waals surface area contributed by atoms with Gasteiger partial charge < -0.3 is 19.7 Å². The summed E-state index contributed by atoms with van der Waals surface area (Å²) in [6.45, 7) is 0.0643. The van der Waals surface area contributed by atoms with Crippen molar-refractivity contribution in [3.63, 3.8) is 0 Å².